The van der Waals surface area contributed by atoms with E-state index in [1.807, 2.05) is 6.92 Å². The first-order valence-electron chi connectivity index (χ1n) is 20.0. The molecule has 2 heterocycles. The van der Waals surface area contributed by atoms with Crippen molar-refractivity contribution in [1.29, 1.82) is 0 Å². The average molecular weight is 743 g/mol. The molecule has 0 aromatic rings. The maximum absolute atomic E-state index is 12.5. The Morgan fingerprint density at radius 3 is 2.23 bits per heavy atom. The van der Waals surface area contributed by atoms with Crippen LogP contribution in [-0.2, 0) is 23.7 Å². The monoisotopic (exact) mass is 742 g/mol. The number of aliphatic hydroxyl groups is 8. The van der Waals surface area contributed by atoms with Crippen molar-refractivity contribution >= 4 is 5.78 Å². The number of ether oxygens (including phenoxy) is 4. The third-order valence-electron chi connectivity index (χ3n) is 15.2. The van der Waals surface area contributed by atoms with E-state index >= 15 is 0 Å². The van der Waals surface area contributed by atoms with Gasteiger partial charge in [0.2, 0.25) is 0 Å². The zero-order chi connectivity index (χ0) is 37.9. The molecule has 6 fully saturated rings. The van der Waals surface area contributed by atoms with Gasteiger partial charge in [-0.25, -0.2) is 0 Å². The number of carbonyl (C=O) groups excluding carboxylic acids is 1. The van der Waals surface area contributed by atoms with Gasteiger partial charge in [-0.2, -0.15) is 0 Å². The van der Waals surface area contributed by atoms with Crippen molar-refractivity contribution in [3.8, 4) is 0 Å². The molecule has 4 aliphatic carbocycles. The Balaban J connectivity index is 1.27. The smallest absolute Gasteiger partial charge is 0.187 e. The minimum absolute atomic E-state index is 0.0455. The molecule has 2 aliphatic heterocycles. The molecule has 0 spiro atoms. The van der Waals surface area contributed by atoms with Gasteiger partial charge in [0.1, 0.15) is 48.5 Å². The molecule has 6 rings (SSSR count). The zero-order valence-electron chi connectivity index (χ0n) is 31.6. The Morgan fingerprint density at radius 1 is 0.827 bits per heavy atom. The van der Waals surface area contributed by atoms with Gasteiger partial charge in [-0.15, -0.1) is 0 Å². The Kier molecular flexibility index (Phi) is 12.5. The molecule has 2 saturated heterocycles. The van der Waals surface area contributed by atoms with E-state index in [-0.39, 0.29) is 41.1 Å². The minimum Gasteiger partial charge on any atom is -0.396 e. The van der Waals surface area contributed by atoms with Crippen LogP contribution in [0.4, 0.5) is 0 Å². The van der Waals surface area contributed by atoms with Crippen molar-refractivity contribution in [2.24, 2.45) is 52.3 Å². The normalized spacial score (nSPS) is 51.2. The molecule has 0 unspecified atom stereocenters. The standard InChI is InChI=1S/C39H66O13/c1-18(16-40)6-9-26(43)19(2)29-27(15-25-23-8-7-21-14-22(42)10-12-38(21,4)24(23)11-13-39(25,29)5)50-37-34(48)35(31(45)28(17-41)51-37)52-36-33(47)32(46)30(44)20(3)49-36/h18-21,23-37,40-41,43-48H,6-17H2,1-5H3/t18-,19+,20-,21-,23+,24+,25+,26-,27-,28+,29-,30-,31+,32+,33+,34+,35-,36-,37+,38-,39-/m0/s1. The van der Waals surface area contributed by atoms with Crippen LogP contribution in [0, 0.1) is 52.3 Å². The average Bonchev–Trinajstić information content (AvgIpc) is 3.42. The molecule has 21 atom stereocenters. The van der Waals surface area contributed by atoms with Crippen LogP contribution in [0.25, 0.3) is 0 Å². The summed E-state index contributed by atoms with van der Waals surface area (Å²) < 4.78 is 24.4. The van der Waals surface area contributed by atoms with Crippen LogP contribution in [0.1, 0.15) is 98.8 Å². The number of rotatable bonds is 11. The van der Waals surface area contributed by atoms with Crippen molar-refractivity contribution in [3.05, 3.63) is 0 Å². The van der Waals surface area contributed by atoms with E-state index in [0.29, 0.717) is 55.6 Å². The second-order valence-corrected chi connectivity index (χ2v) is 18.2. The van der Waals surface area contributed by atoms with Crippen molar-refractivity contribution < 1.29 is 64.6 Å². The highest BCUT2D eigenvalue weighted by Gasteiger charge is 2.64. The third kappa shape index (κ3) is 7.29. The maximum Gasteiger partial charge on any atom is 0.187 e. The summed E-state index contributed by atoms with van der Waals surface area (Å²) in [4.78, 5) is 12.5. The summed E-state index contributed by atoms with van der Waals surface area (Å²) in [7, 11) is 0. The molecule has 13 heteroatoms. The van der Waals surface area contributed by atoms with E-state index in [0.717, 1.165) is 32.1 Å². The molecule has 13 nitrogen and oxygen atoms in total. The van der Waals surface area contributed by atoms with Crippen LogP contribution in [-0.4, -0.2) is 133 Å². The maximum atomic E-state index is 12.5. The molecular weight excluding hydrogens is 676 g/mol. The van der Waals surface area contributed by atoms with Gasteiger partial charge in [-0.3, -0.25) is 4.79 Å². The number of hydrogen-bond donors (Lipinski definition) is 8. The van der Waals surface area contributed by atoms with E-state index < -0.39 is 80.2 Å². The summed E-state index contributed by atoms with van der Waals surface area (Å²) in [6.45, 7) is 9.68. The van der Waals surface area contributed by atoms with Crippen molar-refractivity contribution in [3.63, 3.8) is 0 Å². The van der Waals surface area contributed by atoms with Crippen LogP contribution in [0.3, 0.4) is 0 Å². The van der Waals surface area contributed by atoms with Gasteiger partial charge in [-0.1, -0.05) is 27.7 Å². The number of fused-ring (bicyclic) bond motifs is 5. The zero-order valence-corrected chi connectivity index (χ0v) is 31.6. The quantitative estimate of drug-likeness (QED) is 0.150. The molecule has 4 saturated carbocycles. The highest BCUT2D eigenvalue weighted by atomic mass is 16.7. The van der Waals surface area contributed by atoms with Crippen LogP contribution in [0.5, 0.6) is 0 Å². The highest BCUT2D eigenvalue weighted by molar-refractivity contribution is 5.79. The largest absolute Gasteiger partial charge is 0.396 e. The predicted octanol–water partition coefficient (Wildman–Crippen LogP) is 1.27. The lowest BCUT2D eigenvalue weighted by Crippen LogP contribution is -2.64. The molecule has 0 aromatic carbocycles. The number of aliphatic hydroxyl groups excluding tert-OH is 8. The Hall–Kier alpha value is -0.810. The van der Waals surface area contributed by atoms with E-state index in [9.17, 15) is 45.6 Å². The van der Waals surface area contributed by atoms with Gasteiger partial charge >= 0.3 is 0 Å². The van der Waals surface area contributed by atoms with E-state index in [1.165, 1.54) is 6.92 Å². The number of ketones is 1. The van der Waals surface area contributed by atoms with Gasteiger partial charge in [-0.05, 0) is 111 Å². The number of carbonyl (C=O) groups is 1. The molecule has 52 heavy (non-hydrogen) atoms. The van der Waals surface area contributed by atoms with Gasteiger partial charge in [0.25, 0.3) is 0 Å². The van der Waals surface area contributed by atoms with Crippen LogP contribution in [0.2, 0.25) is 0 Å². The fourth-order valence-electron chi connectivity index (χ4n) is 12.0. The Bertz CT molecular complexity index is 1220. The lowest BCUT2D eigenvalue weighted by molar-refractivity contribution is -0.362. The van der Waals surface area contributed by atoms with Crippen LogP contribution < -0.4 is 0 Å². The summed E-state index contributed by atoms with van der Waals surface area (Å²) in [5, 5.41) is 85.6. The second-order valence-electron chi connectivity index (χ2n) is 18.2. The summed E-state index contributed by atoms with van der Waals surface area (Å²) >= 11 is 0. The first-order chi connectivity index (χ1) is 24.5. The van der Waals surface area contributed by atoms with E-state index in [2.05, 4.69) is 20.8 Å². The predicted molar refractivity (Wildman–Crippen MR) is 186 cm³/mol. The molecule has 300 valence electrons. The van der Waals surface area contributed by atoms with E-state index in [4.69, 9.17) is 18.9 Å². The molecular formula is C39H66O13. The van der Waals surface area contributed by atoms with Crippen LogP contribution >= 0.6 is 0 Å². The summed E-state index contributed by atoms with van der Waals surface area (Å²) in [5.74, 6) is 1.65. The van der Waals surface area contributed by atoms with E-state index in [1.54, 1.807) is 0 Å². The molecule has 0 radical (unpaired) electrons. The summed E-state index contributed by atoms with van der Waals surface area (Å²) in [5.41, 5.74) is -0.107. The number of hydrogen-bond acceptors (Lipinski definition) is 13. The summed E-state index contributed by atoms with van der Waals surface area (Å²) in [6, 6.07) is 0. The van der Waals surface area contributed by atoms with Crippen LogP contribution in [0.15, 0.2) is 0 Å². The first-order valence-corrected chi connectivity index (χ1v) is 20.0. The van der Waals surface area contributed by atoms with Gasteiger partial charge < -0.3 is 59.8 Å². The second kappa shape index (κ2) is 16.0. The topological polar surface area (TPSA) is 216 Å². The molecule has 0 amide bonds. The third-order valence-corrected chi connectivity index (χ3v) is 15.2. The molecule has 6 aliphatic rings. The highest BCUT2D eigenvalue weighted by Crippen LogP contribution is 2.68. The van der Waals surface area contributed by atoms with Gasteiger partial charge in [0.15, 0.2) is 12.6 Å². The lowest BCUT2D eigenvalue weighted by atomic mass is 9.44. The SMILES string of the molecule is C[C@H](CO)CC[C@H](O)[C@@H](C)[C@H]1[C@@H](O[C@@H]2O[C@H](CO)[C@@H](O)[C@H](O[C@@H]3O[C@@H](C)[C@H](O)[C@@H](O)[C@H]3O)[C@H]2O)C[C@@H]2[C@@H]3CC[C@H]4CC(=O)CC[C@]4(C)[C@@H]3CC[C@]12C. The molecule has 8 N–H and O–H groups in total. The molecule has 0 bridgehead atoms. The molecule has 0 aromatic heterocycles. The Morgan fingerprint density at radius 2 is 1.54 bits per heavy atom. The van der Waals surface area contributed by atoms with Gasteiger partial charge in [0.05, 0.1) is 24.9 Å². The Labute approximate surface area is 308 Å². The first kappa shape index (κ1) is 40.8. The van der Waals surface area contributed by atoms with Crippen molar-refractivity contribution in [1.82, 2.24) is 0 Å². The lowest BCUT2D eigenvalue weighted by Gasteiger charge is -2.60. The number of Topliss-reactive ketones (excluding diaryl/α,β-unsaturated/α-hetero) is 1. The van der Waals surface area contributed by atoms with Crippen molar-refractivity contribution in [2.75, 3.05) is 13.2 Å². The van der Waals surface area contributed by atoms with Gasteiger partial charge in [0, 0.05) is 19.4 Å². The fourth-order valence-corrected chi connectivity index (χ4v) is 12.0. The summed E-state index contributed by atoms with van der Waals surface area (Å²) in [6.07, 6.45) is -7.18. The minimum atomic E-state index is -1.68. The fraction of sp³-hybridized carbons (Fsp3) is 0.974. The van der Waals surface area contributed by atoms with Crippen molar-refractivity contribution in [2.45, 2.75) is 172 Å².